The summed E-state index contributed by atoms with van der Waals surface area (Å²) in [6.45, 7) is 3.81. The summed E-state index contributed by atoms with van der Waals surface area (Å²) in [5.74, 6) is 5.83. The van der Waals surface area contributed by atoms with Crippen LogP contribution in [0.25, 0.3) is 0 Å². The molecule has 0 amide bonds. The molecule has 1 aromatic heterocycles. The van der Waals surface area contributed by atoms with E-state index < -0.39 is 5.60 Å². The van der Waals surface area contributed by atoms with Gasteiger partial charge in [0.25, 0.3) is 5.56 Å². The second-order valence-electron chi connectivity index (χ2n) is 5.44. The van der Waals surface area contributed by atoms with E-state index in [1.54, 1.807) is 6.07 Å². The summed E-state index contributed by atoms with van der Waals surface area (Å²) in [6, 6.07) is 3.09. The summed E-state index contributed by atoms with van der Waals surface area (Å²) >= 11 is 0. The molecule has 1 heterocycles. The Morgan fingerprint density at radius 2 is 2.00 bits per heavy atom. The third-order valence-corrected chi connectivity index (χ3v) is 3.42. The van der Waals surface area contributed by atoms with Gasteiger partial charge in [0.15, 0.2) is 0 Å². The maximum atomic E-state index is 11.6. The van der Waals surface area contributed by atoms with Crippen LogP contribution in [0.3, 0.4) is 0 Å². The average Bonchev–Trinajstić information content (AvgIpc) is 2.38. The molecule has 1 fully saturated rings. The van der Waals surface area contributed by atoms with Crippen molar-refractivity contribution in [2.24, 2.45) is 0 Å². The zero-order valence-electron chi connectivity index (χ0n) is 11.5. The highest BCUT2D eigenvalue weighted by molar-refractivity contribution is 5.29. The highest BCUT2D eigenvalue weighted by atomic mass is 16.3. The van der Waals surface area contributed by atoms with E-state index >= 15 is 0 Å². The first kappa shape index (κ1) is 13.8. The molecule has 102 valence electrons. The highest BCUT2D eigenvalue weighted by Crippen LogP contribution is 2.27. The molecule has 1 aliphatic rings. The van der Waals surface area contributed by atoms with Gasteiger partial charge >= 0.3 is 0 Å². The summed E-state index contributed by atoms with van der Waals surface area (Å²) in [5, 5.41) is 14.5. The first-order valence-electron chi connectivity index (χ1n) is 6.86. The number of hydrogen-bond acceptors (Lipinski definition) is 3. The molecule has 0 aromatic carbocycles. The van der Waals surface area contributed by atoms with Crippen molar-refractivity contribution < 1.29 is 5.11 Å². The molecule has 2 rings (SSSR count). The van der Waals surface area contributed by atoms with Gasteiger partial charge in [0.05, 0.1) is 6.04 Å². The minimum Gasteiger partial charge on any atom is -0.378 e. The molecule has 4 nitrogen and oxygen atoms in total. The second-order valence-corrected chi connectivity index (χ2v) is 5.44. The molecule has 0 radical (unpaired) electrons. The van der Waals surface area contributed by atoms with E-state index in [1.165, 1.54) is 17.2 Å². The lowest BCUT2D eigenvalue weighted by molar-refractivity contribution is 0.0610. The molecule has 0 aliphatic heterocycles. The smallest absolute Gasteiger partial charge is 0.267 e. The van der Waals surface area contributed by atoms with E-state index in [0.717, 1.165) is 25.7 Å². The van der Waals surface area contributed by atoms with E-state index in [4.69, 9.17) is 0 Å². The van der Waals surface area contributed by atoms with E-state index in [1.807, 2.05) is 13.8 Å². The van der Waals surface area contributed by atoms with Gasteiger partial charge in [-0.3, -0.25) is 4.79 Å². The molecule has 0 unspecified atom stereocenters. The van der Waals surface area contributed by atoms with Crippen molar-refractivity contribution >= 4 is 0 Å². The molecule has 1 N–H and O–H groups in total. The molecule has 19 heavy (non-hydrogen) atoms. The van der Waals surface area contributed by atoms with E-state index in [9.17, 15) is 9.90 Å². The molecule has 1 aromatic rings. The zero-order valence-corrected chi connectivity index (χ0v) is 11.5. The van der Waals surface area contributed by atoms with Gasteiger partial charge in [-0.05, 0) is 51.5 Å². The van der Waals surface area contributed by atoms with Crippen molar-refractivity contribution in [1.82, 2.24) is 9.78 Å². The Morgan fingerprint density at radius 3 is 2.63 bits per heavy atom. The quantitative estimate of drug-likeness (QED) is 0.784. The normalized spacial score (nSPS) is 17.9. The van der Waals surface area contributed by atoms with Crippen LogP contribution in [0.15, 0.2) is 16.9 Å². The fraction of sp³-hybridized carbons (Fsp3) is 0.600. The van der Waals surface area contributed by atoms with Crippen molar-refractivity contribution in [1.29, 1.82) is 0 Å². The molecular formula is C15H20N2O2. The van der Waals surface area contributed by atoms with E-state index in [-0.39, 0.29) is 11.6 Å². The number of hydrogen-bond donors (Lipinski definition) is 1. The third-order valence-electron chi connectivity index (χ3n) is 3.42. The number of rotatable bonds is 1. The Balaban J connectivity index is 2.24. The topological polar surface area (TPSA) is 55.1 Å². The summed E-state index contributed by atoms with van der Waals surface area (Å²) in [7, 11) is 0. The SMILES string of the molecule is CC(C)n1nc(C#CC2(O)CCCCC2)ccc1=O. The Labute approximate surface area is 113 Å². The van der Waals surface area contributed by atoms with Crippen LogP contribution in [0, 0.1) is 11.8 Å². The van der Waals surface area contributed by atoms with Gasteiger partial charge in [-0.25, -0.2) is 4.68 Å². The van der Waals surface area contributed by atoms with Gasteiger partial charge in [-0.1, -0.05) is 12.3 Å². The van der Waals surface area contributed by atoms with Gasteiger partial charge in [0.2, 0.25) is 0 Å². The average molecular weight is 260 g/mol. The Kier molecular flexibility index (Phi) is 4.06. The van der Waals surface area contributed by atoms with Crippen molar-refractivity contribution in [2.75, 3.05) is 0 Å². The maximum absolute atomic E-state index is 11.6. The minimum atomic E-state index is -0.876. The summed E-state index contributed by atoms with van der Waals surface area (Å²) in [5.41, 5.74) is -0.470. The monoisotopic (exact) mass is 260 g/mol. The van der Waals surface area contributed by atoms with Crippen LogP contribution >= 0.6 is 0 Å². The second kappa shape index (κ2) is 5.58. The zero-order chi connectivity index (χ0) is 13.9. The van der Waals surface area contributed by atoms with Crippen molar-refractivity contribution in [3.63, 3.8) is 0 Å². The third kappa shape index (κ3) is 3.45. The summed E-state index contributed by atoms with van der Waals surface area (Å²) in [6.07, 6.45) is 4.66. The van der Waals surface area contributed by atoms with Crippen LogP contribution in [0.4, 0.5) is 0 Å². The number of aromatic nitrogens is 2. The lowest BCUT2D eigenvalue weighted by Crippen LogP contribution is -2.29. The van der Waals surface area contributed by atoms with Crippen LogP contribution in [0.5, 0.6) is 0 Å². The lowest BCUT2D eigenvalue weighted by Gasteiger charge is -2.26. The first-order valence-corrected chi connectivity index (χ1v) is 6.86. The first-order chi connectivity index (χ1) is 9.00. The molecule has 4 heteroatoms. The molecule has 0 atom stereocenters. The predicted molar refractivity (Wildman–Crippen MR) is 73.8 cm³/mol. The van der Waals surface area contributed by atoms with Gasteiger partial charge in [0, 0.05) is 6.07 Å². The van der Waals surface area contributed by atoms with Crippen LogP contribution in [0.1, 0.15) is 57.7 Å². The van der Waals surface area contributed by atoms with E-state index in [0.29, 0.717) is 5.69 Å². The molecule has 0 spiro atoms. The molecule has 1 aliphatic carbocycles. The largest absolute Gasteiger partial charge is 0.378 e. The molecule has 0 bridgehead atoms. The maximum Gasteiger partial charge on any atom is 0.267 e. The summed E-state index contributed by atoms with van der Waals surface area (Å²) < 4.78 is 1.41. The predicted octanol–water partition coefficient (Wildman–Crippen LogP) is 1.87. The van der Waals surface area contributed by atoms with Crippen molar-refractivity contribution in [2.45, 2.75) is 57.6 Å². The minimum absolute atomic E-state index is 0.00650. The van der Waals surface area contributed by atoms with Crippen LogP contribution in [0.2, 0.25) is 0 Å². The fourth-order valence-electron chi connectivity index (χ4n) is 2.30. The lowest BCUT2D eigenvalue weighted by atomic mass is 9.85. The Morgan fingerprint density at radius 1 is 1.32 bits per heavy atom. The van der Waals surface area contributed by atoms with Crippen molar-refractivity contribution in [3.05, 3.63) is 28.2 Å². The number of aliphatic hydroxyl groups is 1. The van der Waals surface area contributed by atoms with Crippen LogP contribution in [-0.2, 0) is 0 Å². The Bertz CT molecular complexity index is 557. The van der Waals surface area contributed by atoms with Gasteiger partial charge < -0.3 is 5.11 Å². The van der Waals surface area contributed by atoms with Gasteiger partial charge in [-0.2, -0.15) is 5.10 Å². The standard InChI is InChI=1S/C15H20N2O2/c1-12(2)17-14(18)7-6-13(16-17)8-11-15(19)9-4-3-5-10-15/h6-7,12,19H,3-5,9-10H2,1-2H3. The van der Waals surface area contributed by atoms with Crippen LogP contribution in [-0.4, -0.2) is 20.5 Å². The van der Waals surface area contributed by atoms with E-state index in [2.05, 4.69) is 16.9 Å². The van der Waals surface area contributed by atoms with Crippen molar-refractivity contribution in [3.8, 4) is 11.8 Å². The van der Waals surface area contributed by atoms with Gasteiger partial charge in [0.1, 0.15) is 11.3 Å². The summed E-state index contributed by atoms with van der Waals surface area (Å²) in [4.78, 5) is 11.6. The van der Waals surface area contributed by atoms with Crippen LogP contribution < -0.4 is 5.56 Å². The highest BCUT2D eigenvalue weighted by Gasteiger charge is 2.26. The van der Waals surface area contributed by atoms with Gasteiger partial charge in [-0.15, -0.1) is 0 Å². The fourth-order valence-corrected chi connectivity index (χ4v) is 2.30. The molecule has 1 saturated carbocycles. The molecule has 0 saturated heterocycles. The number of nitrogens with zero attached hydrogens (tertiary/aromatic N) is 2. The Hall–Kier alpha value is -1.60. The molecular weight excluding hydrogens is 240 g/mol.